The Balaban J connectivity index is 1.60. The van der Waals surface area contributed by atoms with Gasteiger partial charge >= 0.3 is 6.03 Å². The minimum atomic E-state index is -1.26. The van der Waals surface area contributed by atoms with Crippen LogP contribution in [0.1, 0.15) is 58.4 Å². The van der Waals surface area contributed by atoms with Gasteiger partial charge in [0.25, 0.3) is 5.91 Å². The van der Waals surface area contributed by atoms with Crippen LogP contribution in [-0.2, 0) is 15.1 Å². The second-order valence-corrected chi connectivity index (χ2v) is 7.83. The van der Waals surface area contributed by atoms with Crippen LogP contribution in [0.2, 0.25) is 0 Å². The van der Waals surface area contributed by atoms with Crippen LogP contribution in [0.4, 0.5) is 4.79 Å². The molecule has 29 heavy (non-hydrogen) atoms. The third-order valence-corrected chi connectivity index (χ3v) is 5.42. The summed E-state index contributed by atoms with van der Waals surface area (Å²) in [6.45, 7) is 5.54. The van der Waals surface area contributed by atoms with E-state index < -0.39 is 17.5 Å². The maximum absolute atomic E-state index is 13.0. The lowest BCUT2D eigenvalue weighted by atomic mass is 9.91. The molecule has 2 aliphatic rings. The van der Waals surface area contributed by atoms with Crippen LogP contribution >= 0.6 is 0 Å². The van der Waals surface area contributed by atoms with E-state index in [0.29, 0.717) is 17.1 Å². The largest absolute Gasteiger partial charge is 0.454 e. The molecule has 0 saturated carbocycles. The summed E-state index contributed by atoms with van der Waals surface area (Å²) in [6.07, 6.45) is 5.40. The molecule has 2 atom stereocenters. The Morgan fingerprint density at radius 3 is 2.76 bits per heavy atom. The van der Waals surface area contributed by atoms with Gasteiger partial charge in [0.15, 0.2) is 11.5 Å². The van der Waals surface area contributed by atoms with Crippen LogP contribution in [0.15, 0.2) is 18.2 Å². The molecule has 0 aliphatic carbocycles. The zero-order chi connectivity index (χ0) is 21.0. The first kappa shape index (κ1) is 21.0. The lowest BCUT2D eigenvalue weighted by Gasteiger charge is -2.22. The molecule has 1 saturated heterocycles. The topological polar surface area (TPSA) is 97.0 Å². The molecule has 0 radical (unpaired) electrons. The van der Waals surface area contributed by atoms with Crippen molar-refractivity contribution in [3.63, 3.8) is 0 Å². The van der Waals surface area contributed by atoms with E-state index in [1.807, 2.05) is 6.92 Å². The molecular formula is C21H29N3O5. The highest BCUT2D eigenvalue weighted by atomic mass is 16.7. The van der Waals surface area contributed by atoms with Crippen LogP contribution in [-0.4, -0.2) is 42.1 Å². The van der Waals surface area contributed by atoms with Gasteiger partial charge in [0.1, 0.15) is 12.1 Å². The van der Waals surface area contributed by atoms with E-state index in [0.717, 1.165) is 30.6 Å². The molecule has 2 heterocycles. The molecule has 8 nitrogen and oxygen atoms in total. The van der Waals surface area contributed by atoms with Crippen molar-refractivity contribution in [3.05, 3.63) is 23.8 Å². The molecule has 0 spiro atoms. The Morgan fingerprint density at radius 2 is 2.00 bits per heavy atom. The zero-order valence-corrected chi connectivity index (χ0v) is 17.2. The van der Waals surface area contributed by atoms with Crippen molar-refractivity contribution in [1.29, 1.82) is 0 Å². The summed E-state index contributed by atoms with van der Waals surface area (Å²) in [6, 6.07) is 4.52. The van der Waals surface area contributed by atoms with Gasteiger partial charge in [0.2, 0.25) is 12.7 Å². The minimum absolute atomic E-state index is 0.000339. The van der Waals surface area contributed by atoms with E-state index in [1.165, 1.54) is 6.42 Å². The summed E-state index contributed by atoms with van der Waals surface area (Å²) in [5, 5.41) is 5.58. The number of carbonyl (C=O) groups is 3. The van der Waals surface area contributed by atoms with E-state index in [4.69, 9.17) is 9.47 Å². The van der Waals surface area contributed by atoms with Crippen LogP contribution in [0, 0.1) is 0 Å². The molecule has 4 amide bonds. The van der Waals surface area contributed by atoms with Crippen molar-refractivity contribution in [2.45, 2.75) is 64.5 Å². The van der Waals surface area contributed by atoms with Gasteiger partial charge in [-0.3, -0.25) is 14.5 Å². The van der Waals surface area contributed by atoms with Crippen LogP contribution in [0.5, 0.6) is 11.5 Å². The van der Waals surface area contributed by atoms with Crippen LogP contribution in [0.3, 0.4) is 0 Å². The number of carbonyl (C=O) groups excluding carboxylic acids is 3. The molecule has 2 N–H and O–H groups in total. The fourth-order valence-corrected chi connectivity index (χ4v) is 3.66. The van der Waals surface area contributed by atoms with Crippen molar-refractivity contribution in [2.24, 2.45) is 0 Å². The minimum Gasteiger partial charge on any atom is -0.454 e. The SMILES string of the molecule is CCCCCC[C@H](C)NC(=O)CN1C(=O)N[C@](C)(c2ccc3c(c2)OCO3)C1=O. The monoisotopic (exact) mass is 403 g/mol. The van der Waals surface area contributed by atoms with Gasteiger partial charge in [0.05, 0.1) is 0 Å². The van der Waals surface area contributed by atoms with Crippen molar-refractivity contribution < 1.29 is 23.9 Å². The Labute approximate surface area is 170 Å². The number of hydrogen-bond donors (Lipinski definition) is 2. The standard InChI is InChI=1S/C21H29N3O5/c1-4-5-6-7-8-14(2)22-18(25)12-24-19(26)21(3,23-20(24)27)15-9-10-16-17(11-15)29-13-28-16/h9-11,14H,4-8,12-13H2,1-3H3,(H,22,25)(H,23,27)/t14-,21+/m0/s1. The fraction of sp³-hybridized carbons (Fsp3) is 0.571. The number of unbranched alkanes of at least 4 members (excludes halogenated alkanes) is 3. The van der Waals surface area contributed by atoms with Gasteiger partial charge in [-0.05, 0) is 38.0 Å². The fourth-order valence-electron chi connectivity index (χ4n) is 3.66. The third-order valence-electron chi connectivity index (χ3n) is 5.42. The first-order valence-electron chi connectivity index (χ1n) is 10.2. The molecule has 0 aromatic heterocycles. The van der Waals surface area contributed by atoms with E-state index in [1.54, 1.807) is 25.1 Å². The summed E-state index contributed by atoms with van der Waals surface area (Å²) in [7, 11) is 0. The molecule has 1 aromatic carbocycles. The van der Waals surface area contributed by atoms with Crippen molar-refractivity contribution >= 4 is 17.8 Å². The summed E-state index contributed by atoms with van der Waals surface area (Å²) >= 11 is 0. The average molecular weight is 403 g/mol. The van der Waals surface area contributed by atoms with Crippen LogP contribution < -0.4 is 20.1 Å². The maximum Gasteiger partial charge on any atom is 0.325 e. The van der Waals surface area contributed by atoms with Crippen molar-refractivity contribution in [2.75, 3.05) is 13.3 Å². The van der Waals surface area contributed by atoms with E-state index in [-0.39, 0.29) is 25.3 Å². The summed E-state index contributed by atoms with van der Waals surface area (Å²) in [5.41, 5.74) is -0.684. The molecule has 0 bridgehead atoms. The molecule has 1 aromatic rings. The Bertz CT molecular complexity index is 797. The lowest BCUT2D eigenvalue weighted by molar-refractivity contribution is -0.135. The zero-order valence-electron chi connectivity index (χ0n) is 17.2. The third kappa shape index (κ3) is 4.46. The van der Waals surface area contributed by atoms with Gasteiger partial charge in [-0.2, -0.15) is 0 Å². The number of nitrogens with zero attached hydrogens (tertiary/aromatic N) is 1. The van der Waals surface area contributed by atoms with Crippen molar-refractivity contribution in [3.8, 4) is 11.5 Å². The summed E-state index contributed by atoms with van der Waals surface area (Å²) in [5.74, 6) is 0.315. The van der Waals surface area contributed by atoms with Crippen molar-refractivity contribution in [1.82, 2.24) is 15.5 Å². The Morgan fingerprint density at radius 1 is 1.24 bits per heavy atom. The second kappa shape index (κ2) is 8.71. The highest BCUT2D eigenvalue weighted by Crippen LogP contribution is 2.37. The molecule has 1 fully saturated rings. The molecule has 0 unspecified atom stereocenters. The predicted octanol–water partition coefficient (Wildman–Crippen LogP) is 2.66. The number of benzene rings is 1. The second-order valence-electron chi connectivity index (χ2n) is 7.83. The number of urea groups is 1. The first-order chi connectivity index (χ1) is 13.8. The number of hydrogen-bond acceptors (Lipinski definition) is 5. The van der Waals surface area contributed by atoms with Crippen LogP contribution in [0.25, 0.3) is 0 Å². The van der Waals surface area contributed by atoms with Gasteiger partial charge in [-0.1, -0.05) is 38.7 Å². The van der Waals surface area contributed by atoms with E-state index in [9.17, 15) is 14.4 Å². The average Bonchev–Trinajstić information content (AvgIpc) is 3.23. The normalized spacial score (nSPS) is 21.3. The van der Waals surface area contributed by atoms with Gasteiger partial charge in [-0.15, -0.1) is 0 Å². The lowest BCUT2D eigenvalue weighted by Crippen LogP contribution is -2.45. The number of amides is 4. The molecule has 3 rings (SSSR count). The number of imide groups is 1. The Hall–Kier alpha value is -2.77. The summed E-state index contributed by atoms with van der Waals surface area (Å²) in [4.78, 5) is 38.8. The van der Waals surface area contributed by atoms with Gasteiger partial charge in [0, 0.05) is 6.04 Å². The maximum atomic E-state index is 13.0. The van der Waals surface area contributed by atoms with E-state index >= 15 is 0 Å². The van der Waals surface area contributed by atoms with Gasteiger partial charge < -0.3 is 20.1 Å². The Kier molecular flexibility index (Phi) is 6.30. The highest BCUT2D eigenvalue weighted by Gasteiger charge is 2.49. The van der Waals surface area contributed by atoms with E-state index in [2.05, 4.69) is 17.6 Å². The van der Waals surface area contributed by atoms with Gasteiger partial charge in [-0.25, -0.2) is 4.79 Å². The summed E-state index contributed by atoms with van der Waals surface area (Å²) < 4.78 is 10.7. The first-order valence-corrected chi connectivity index (χ1v) is 10.2. The molecular weight excluding hydrogens is 374 g/mol. The number of fused-ring (bicyclic) bond motifs is 1. The molecule has 8 heteroatoms. The highest BCUT2D eigenvalue weighted by molar-refractivity contribution is 6.09. The predicted molar refractivity (Wildman–Crippen MR) is 107 cm³/mol. The molecule has 2 aliphatic heterocycles. The number of ether oxygens (including phenoxy) is 2. The smallest absolute Gasteiger partial charge is 0.325 e. The molecule has 158 valence electrons. The number of nitrogens with one attached hydrogen (secondary N) is 2. The number of rotatable bonds is 9. The quantitative estimate of drug-likeness (QED) is 0.488.